The normalized spacial score (nSPS) is 11.9. The Bertz CT molecular complexity index is 614. The topological polar surface area (TPSA) is 34.6 Å². The summed E-state index contributed by atoms with van der Waals surface area (Å²) in [4.78, 5) is 15.1. The van der Waals surface area contributed by atoms with Gasteiger partial charge < -0.3 is 0 Å². The van der Waals surface area contributed by atoms with Crippen molar-refractivity contribution in [2.45, 2.75) is 33.1 Å². The first-order valence-corrected chi connectivity index (χ1v) is 6.67. The van der Waals surface area contributed by atoms with Crippen LogP contribution in [-0.4, -0.2) is 19.2 Å². The van der Waals surface area contributed by atoms with Crippen LogP contribution in [-0.2, 0) is 15.1 Å². The fourth-order valence-corrected chi connectivity index (χ4v) is 2.29. The number of nitrogens with zero attached hydrogens (tertiary/aromatic N) is 2. The zero-order chi connectivity index (χ0) is 14.9. The van der Waals surface area contributed by atoms with Crippen molar-refractivity contribution in [3.8, 4) is 0 Å². The van der Waals surface area contributed by atoms with E-state index in [0.717, 1.165) is 11.1 Å². The summed E-state index contributed by atoms with van der Waals surface area (Å²) in [6, 6.07) is 8.37. The highest BCUT2D eigenvalue weighted by atomic mass is 16.9. The largest absolute Gasteiger partial charge is 0.251 e. The fourth-order valence-electron chi connectivity index (χ4n) is 2.29. The van der Waals surface area contributed by atoms with Crippen LogP contribution in [0.25, 0.3) is 10.8 Å². The summed E-state index contributed by atoms with van der Waals surface area (Å²) in [7, 11) is 3.12. The Hall–Kier alpha value is -1.65. The maximum atomic E-state index is 5.18. The van der Waals surface area contributed by atoms with Crippen molar-refractivity contribution in [1.29, 1.82) is 0 Å². The van der Waals surface area contributed by atoms with Crippen molar-refractivity contribution in [1.82, 2.24) is 4.98 Å². The van der Waals surface area contributed by atoms with E-state index < -0.39 is 0 Å². The third-order valence-electron chi connectivity index (χ3n) is 3.20. The minimum atomic E-state index is -0.0589. The Labute approximate surface area is 120 Å². The lowest BCUT2D eigenvalue weighted by molar-refractivity contribution is -0.0452. The zero-order valence-electron chi connectivity index (χ0n) is 13.0. The molecular formula is C16H22N2O2. The lowest BCUT2D eigenvalue weighted by atomic mass is 9.88. The second kappa shape index (κ2) is 5.38. The molecule has 1 aromatic heterocycles. The first kappa shape index (κ1) is 14.8. The second-order valence-electron chi connectivity index (χ2n) is 5.93. The molecule has 0 N–H and O–H groups in total. The van der Waals surface area contributed by atoms with Crippen LogP contribution in [0.4, 0.5) is 5.82 Å². The van der Waals surface area contributed by atoms with Crippen molar-refractivity contribution in [2.24, 2.45) is 0 Å². The van der Waals surface area contributed by atoms with E-state index in [2.05, 4.69) is 45.9 Å². The quantitative estimate of drug-likeness (QED) is 0.798. The minimum Gasteiger partial charge on any atom is -0.251 e. The van der Waals surface area contributed by atoms with E-state index in [9.17, 15) is 0 Å². The van der Waals surface area contributed by atoms with E-state index in [-0.39, 0.29) is 5.41 Å². The summed E-state index contributed by atoms with van der Waals surface area (Å²) in [6.45, 7) is 8.55. The first-order valence-electron chi connectivity index (χ1n) is 6.67. The summed E-state index contributed by atoms with van der Waals surface area (Å²) in [5.74, 6) is 0.651. The molecule has 0 aliphatic carbocycles. The van der Waals surface area contributed by atoms with Gasteiger partial charge in [0.15, 0.2) is 5.82 Å². The van der Waals surface area contributed by atoms with Crippen LogP contribution in [0.3, 0.4) is 0 Å². The second-order valence-corrected chi connectivity index (χ2v) is 5.93. The van der Waals surface area contributed by atoms with Gasteiger partial charge in [0.25, 0.3) is 0 Å². The Morgan fingerprint density at radius 2 is 1.70 bits per heavy atom. The molecule has 0 bridgehead atoms. The molecule has 0 fully saturated rings. The van der Waals surface area contributed by atoms with Crippen molar-refractivity contribution in [3.63, 3.8) is 0 Å². The number of aryl methyl sites for hydroxylation is 1. The summed E-state index contributed by atoms with van der Waals surface area (Å²) >= 11 is 0. The molecule has 0 saturated heterocycles. The third-order valence-corrected chi connectivity index (χ3v) is 3.20. The molecule has 0 unspecified atom stereocenters. The average molecular weight is 274 g/mol. The van der Waals surface area contributed by atoms with Gasteiger partial charge in [0.05, 0.1) is 19.9 Å². The number of aromatic nitrogens is 1. The summed E-state index contributed by atoms with van der Waals surface area (Å²) in [6.07, 6.45) is 0. The molecule has 4 heteroatoms. The monoisotopic (exact) mass is 274 g/mol. The van der Waals surface area contributed by atoms with E-state index >= 15 is 0 Å². The standard InChI is InChI=1S/C16H22N2O2/c1-11-7-8-13-12(9-11)10-14(18(19-5)20-6)17-15(13)16(2,3)4/h7-10H,1-6H3. The van der Waals surface area contributed by atoms with Crippen LogP contribution in [0.1, 0.15) is 32.0 Å². The van der Waals surface area contributed by atoms with Crippen LogP contribution >= 0.6 is 0 Å². The highest BCUT2D eigenvalue weighted by Gasteiger charge is 2.21. The highest BCUT2D eigenvalue weighted by Crippen LogP contribution is 2.31. The van der Waals surface area contributed by atoms with Gasteiger partial charge in [-0.1, -0.05) is 44.5 Å². The van der Waals surface area contributed by atoms with Gasteiger partial charge in [-0.3, -0.25) is 9.68 Å². The van der Waals surface area contributed by atoms with Gasteiger partial charge in [-0.2, -0.15) is 0 Å². The molecule has 2 rings (SSSR count). The van der Waals surface area contributed by atoms with E-state index in [4.69, 9.17) is 14.7 Å². The molecule has 0 amide bonds. The average Bonchev–Trinajstić information content (AvgIpc) is 2.37. The summed E-state index contributed by atoms with van der Waals surface area (Å²) < 4.78 is 0. The molecule has 0 radical (unpaired) electrons. The van der Waals surface area contributed by atoms with Crippen LogP contribution < -0.4 is 5.23 Å². The zero-order valence-corrected chi connectivity index (χ0v) is 13.0. The lowest BCUT2D eigenvalue weighted by Gasteiger charge is -2.24. The van der Waals surface area contributed by atoms with E-state index in [1.165, 1.54) is 16.2 Å². The van der Waals surface area contributed by atoms with E-state index in [1.54, 1.807) is 14.2 Å². The number of anilines is 1. The molecular weight excluding hydrogens is 252 g/mol. The maximum Gasteiger partial charge on any atom is 0.184 e. The summed E-state index contributed by atoms with van der Waals surface area (Å²) in [5.41, 5.74) is 2.19. The van der Waals surface area contributed by atoms with Gasteiger partial charge in [-0.25, -0.2) is 4.98 Å². The molecule has 20 heavy (non-hydrogen) atoms. The molecule has 0 atom stereocenters. The fraction of sp³-hybridized carbons (Fsp3) is 0.438. The predicted molar refractivity (Wildman–Crippen MR) is 81.7 cm³/mol. The molecule has 1 aromatic carbocycles. The molecule has 108 valence electrons. The Kier molecular flexibility index (Phi) is 3.97. The summed E-state index contributed by atoms with van der Waals surface area (Å²) in [5, 5.41) is 3.62. The minimum absolute atomic E-state index is 0.0589. The van der Waals surface area contributed by atoms with Crippen LogP contribution in [0, 0.1) is 6.92 Å². The van der Waals surface area contributed by atoms with Gasteiger partial charge in [-0.15, -0.1) is 5.23 Å². The number of hydrogen-bond acceptors (Lipinski definition) is 4. The molecule has 1 heterocycles. The maximum absolute atomic E-state index is 5.18. The Balaban J connectivity index is 2.74. The Morgan fingerprint density at radius 1 is 1.05 bits per heavy atom. The van der Waals surface area contributed by atoms with Crippen LogP contribution in [0.2, 0.25) is 0 Å². The molecule has 0 saturated carbocycles. The number of benzene rings is 1. The van der Waals surface area contributed by atoms with Gasteiger partial charge in [-0.05, 0) is 18.4 Å². The lowest BCUT2D eigenvalue weighted by Crippen LogP contribution is -2.23. The Morgan fingerprint density at radius 3 is 2.25 bits per heavy atom. The first-order chi connectivity index (χ1) is 9.36. The number of fused-ring (bicyclic) bond motifs is 1. The number of pyridine rings is 1. The van der Waals surface area contributed by atoms with Gasteiger partial charge in [0, 0.05) is 10.8 Å². The SMILES string of the molecule is CON(OC)c1cc2cc(C)ccc2c(C(C)(C)C)n1. The van der Waals surface area contributed by atoms with Gasteiger partial charge >= 0.3 is 0 Å². The molecule has 4 nitrogen and oxygen atoms in total. The van der Waals surface area contributed by atoms with Crippen molar-refractivity contribution < 1.29 is 9.68 Å². The van der Waals surface area contributed by atoms with Crippen molar-refractivity contribution in [3.05, 3.63) is 35.5 Å². The molecule has 0 spiro atoms. The van der Waals surface area contributed by atoms with Gasteiger partial charge in [0.1, 0.15) is 0 Å². The highest BCUT2D eigenvalue weighted by molar-refractivity contribution is 5.88. The van der Waals surface area contributed by atoms with Crippen LogP contribution in [0.15, 0.2) is 24.3 Å². The molecule has 2 aromatic rings. The van der Waals surface area contributed by atoms with Crippen molar-refractivity contribution >= 4 is 16.6 Å². The van der Waals surface area contributed by atoms with Crippen LogP contribution in [0.5, 0.6) is 0 Å². The molecule has 0 aliphatic heterocycles. The van der Waals surface area contributed by atoms with E-state index in [1.807, 2.05) is 6.07 Å². The third kappa shape index (κ3) is 2.76. The van der Waals surface area contributed by atoms with Crippen molar-refractivity contribution in [2.75, 3.05) is 19.4 Å². The number of hydrogen-bond donors (Lipinski definition) is 0. The predicted octanol–water partition coefficient (Wildman–Crippen LogP) is 3.77. The van der Waals surface area contributed by atoms with Gasteiger partial charge in [0.2, 0.25) is 0 Å². The smallest absolute Gasteiger partial charge is 0.184 e. The molecule has 0 aliphatic rings. The van der Waals surface area contributed by atoms with E-state index in [0.29, 0.717) is 5.82 Å². The number of rotatable bonds is 3.